The summed E-state index contributed by atoms with van der Waals surface area (Å²) in [5, 5.41) is 17.9. The van der Waals surface area contributed by atoms with Gasteiger partial charge in [0.1, 0.15) is 0 Å². The molecule has 1 amide bonds. The first-order valence-electron chi connectivity index (χ1n) is 7.22. The van der Waals surface area contributed by atoms with Crippen molar-refractivity contribution in [3.05, 3.63) is 95.9 Å². The molecule has 0 saturated heterocycles. The highest BCUT2D eigenvalue weighted by molar-refractivity contribution is 6.08. The third kappa shape index (κ3) is 3.49. The highest BCUT2D eigenvalue weighted by atomic mass is 16.3. The molecule has 0 unspecified atom stereocenters. The van der Waals surface area contributed by atoms with E-state index in [2.05, 4.69) is 10.6 Å². The molecule has 1 aliphatic rings. The molecule has 3 rings (SSSR count). The van der Waals surface area contributed by atoms with Crippen LogP contribution >= 0.6 is 0 Å². The van der Waals surface area contributed by atoms with Crippen LogP contribution in [0.4, 0.5) is 11.4 Å². The molecule has 2 aromatic carbocycles. The third-order valence-electron chi connectivity index (χ3n) is 3.37. The molecule has 0 fully saturated rings. The molecule has 113 valence electrons. The Kier molecular flexibility index (Phi) is 4.25. The van der Waals surface area contributed by atoms with Gasteiger partial charge in [0, 0.05) is 11.4 Å². The van der Waals surface area contributed by atoms with Crippen molar-refractivity contribution in [2.45, 2.75) is 0 Å². The van der Waals surface area contributed by atoms with Crippen LogP contribution in [-0.2, 0) is 9.90 Å². The van der Waals surface area contributed by atoms with Crippen molar-refractivity contribution in [3.63, 3.8) is 0 Å². The molecule has 0 aliphatic heterocycles. The Morgan fingerprint density at radius 1 is 0.783 bits per heavy atom. The predicted octanol–water partition coefficient (Wildman–Crippen LogP) is 3.88. The van der Waals surface area contributed by atoms with Crippen molar-refractivity contribution in [2.75, 3.05) is 10.6 Å². The molecular formula is C19H15N2O2. The Morgan fingerprint density at radius 3 is 1.96 bits per heavy atom. The van der Waals surface area contributed by atoms with Gasteiger partial charge in [-0.1, -0.05) is 42.5 Å². The summed E-state index contributed by atoms with van der Waals surface area (Å²) in [5.74, 6) is -0.612. The maximum Gasteiger partial charge on any atom is 0.256 e. The largest absolute Gasteiger partial charge is 0.322 e. The van der Waals surface area contributed by atoms with E-state index in [4.69, 9.17) is 0 Å². The van der Waals surface area contributed by atoms with Crippen LogP contribution in [0.3, 0.4) is 0 Å². The number of para-hydroxylation sites is 2. The van der Waals surface area contributed by atoms with Crippen LogP contribution in [-0.4, -0.2) is 5.91 Å². The number of hydrogen-bond donors (Lipinski definition) is 2. The van der Waals surface area contributed by atoms with E-state index in [0.29, 0.717) is 22.5 Å². The van der Waals surface area contributed by atoms with Crippen LogP contribution < -0.4 is 10.6 Å². The van der Waals surface area contributed by atoms with Gasteiger partial charge in [-0.25, -0.2) is 0 Å². The minimum absolute atomic E-state index is 0.306. The van der Waals surface area contributed by atoms with E-state index >= 15 is 0 Å². The second-order valence-corrected chi connectivity index (χ2v) is 4.99. The number of nitrogens with one attached hydrogen (secondary N) is 2. The van der Waals surface area contributed by atoms with Crippen LogP contribution in [0.1, 0.15) is 0 Å². The fourth-order valence-corrected chi connectivity index (χ4v) is 2.26. The number of amides is 1. The average molecular weight is 303 g/mol. The second kappa shape index (κ2) is 6.66. The topological polar surface area (TPSA) is 61.0 Å². The van der Waals surface area contributed by atoms with Crippen LogP contribution in [0.5, 0.6) is 0 Å². The van der Waals surface area contributed by atoms with Crippen molar-refractivity contribution < 1.29 is 9.90 Å². The highest BCUT2D eigenvalue weighted by Gasteiger charge is 2.20. The van der Waals surface area contributed by atoms with Crippen LogP contribution in [0.15, 0.2) is 95.9 Å². The molecule has 1 aliphatic carbocycles. The smallest absolute Gasteiger partial charge is 0.256 e. The first kappa shape index (κ1) is 14.7. The van der Waals surface area contributed by atoms with Gasteiger partial charge in [0.25, 0.3) is 11.8 Å². The fraction of sp³-hybridized carbons (Fsp3) is 0. The molecule has 2 aromatic rings. The van der Waals surface area contributed by atoms with Gasteiger partial charge in [0.2, 0.25) is 0 Å². The van der Waals surface area contributed by atoms with E-state index in [1.165, 1.54) is 0 Å². The van der Waals surface area contributed by atoms with Gasteiger partial charge in [0.15, 0.2) is 0 Å². The van der Waals surface area contributed by atoms with E-state index in [-0.39, 0.29) is 11.8 Å². The maximum absolute atomic E-state index is 12.4. The van der Waals surface area contributed by atoms with Gasteiger partial charge in [-0.3, -0.25) is 9.90 Å². The molecule has 4 heteroatoms. The third-order valence-corrected chi connectivity index (χ3v) is 3.37. The number of allylic oxidation sites excluding steroid dienone is 3. The number of anilines is 2. The van der Waals surface area contributed by atoms with Crippen molar-refractivity contribution >= 4 is 17.3 Å². The lowest BCUT2D eigenvalue weighted by Gasteiger charge is -2.09. The van der Waals surface area contributed by atoms with Gasteiger partial charge in [-0.15, -0.1) is 0 Å². The van der Waals surface area contributed by atoms with Gasteiger partial charge in [0.05, 0.1) is 11.1 Å². The van der Waals surface area contributed by atoms with Crippen molar-refractivity contribution in [1.82, 2.24) is 0 Å². The minimum atomic E-state index is -0.306. The number of carbonyl (C=O) groups excluding carboxylic acids is 1. The molecular weight excluding hydrogens is 288 g/mol. The highest BCUT2D eigenvalue weighted by Crippen LogP contribution is 2.24. The van der Waals surface area contributed by atoms with Crippen molar-refractivity contribution in [3.8, 4) is 0 Å². The molecule has 0 heterocycles. The quantitative estimate of drug-likeness (QED) is 0.842. The Bertz CT molecular complexity index is 791. The summed E-state index contributed by atoms with van der Waals surface area (Å²) in [4.78, 5) is 12.4. The molecule has 4 nitrogen and oxygen atoms in total. The fourth-order valence-electron chi connectivity index (χ4n) is 2.26. The number of benzene rings is 2. The van der Waals surface area contributed by atoms with E-state index in [9.17, 15) is 9.90 Å². The Morgan fingerprint density at radius 2 is 1.35 bits per heavy atom. The van der Waals surface area contributed by atoms with E-state index in [1.807, 2.05) is 36.4 Å². The summed E-state index contributed by atoms with van der Waals surface area (Å²) in [6, 6.07) is 18.3. The minimum Gasteiger partial charge on any atom is -0.322 e. The Hall–Kier alpha value is -3.27. The first-order valence-corrected chi connectivity index (χ1v) is 7.22. The normalized spacial score (nSPS) is 15.0. The SMILES string of the molecule is [O]/C(Nc1ccccc1)=C1/C=CC=C1C(=O)Nc1ccccc1. The van der Waals surface area contributed by atoms with Crippen LogP contribution in [0, 0.1) is 0 Å². The van der Waals surface area contributed by atoms with Gasteiger partial charge < -0.3 is 10.6 Å². The van der Waals surface area contributed by atoms with Gasteiger partial charge in [-0.2, -0.15) is 0 Å². The number of rotatable bonds is 4. The van der Waals surface area contributed by atoms with Crippen LogP contribution in [0.25, 0.3) is 0 Å². The lowest BCUT2D eigenvalue weighted by Crippen LogP contribution is -2.16. The molecule has 0 bridgehead atoms. The van der Waals surface area contributed by atoms with E-state index in [1.54, 1.807) is 42.5 Å². The summed E-state index contributed by atoms with van der Waals surface area (Å²) in [6.07, 6.45) is 4.97. The Balaban J connectivity index is 1.77. The standard InChI is InChI=1S/C19H15N2O2/c22-18(20-14-8-3-1-4-9-14)16-12-7-13-17(16)19(23)21-15-10-5-2-6-11-15/h1-13,20H,(H,21,23)/b18-16-. The maximum atomic E-state index is 12.4. The summed E-state index contributed by atoms with van der Waals surface area (Å²) < 4.78 is 0. The lowest BCUT2D eigenvalue weighted by atomic mass is 10.1. The van der Waals surface area contributed by atoms with Gasteiger partial charge >= 0.3 is 0 Å². The molecule has 0 atom stereocenters. The van der Waals surface area contributed by atoms with Gasteiger partial charge in [-0.05, 0) is 36.4 Å². The monoisotopic (exact) mass is 303 g/mol. The molecule has 1 radical (unpaired) electrons. The zero-order valence-electron chi connectivity index (χ0n) is 12.3. The van der Waals surface area contributed by atoms with Crippen molar-refractivity contribution in [1.29, 1.82) is 0 Å². The second-order valence-electron chi connectivity index (χ2n) is 4.99. The molecule has 0 spiro atoms. The zero-order chi connectivity index (χ0) is 16.1. The summed E-state index contributed by atoms with van der Waals surface area (Å²) >= 11 is 0. The number of carbonyl (C=O) groups is 1. The summed E-state index contributed by atoms with van der Waals surface area (Å²) in [7, 11) is 0. The van der Waals surface area contributed by atoms with E-state index in [0.717, 1.165) is 0 Å². The molecule has 2 N–H and O–H groups in total. The van der Waals surface area contributed by atoms with Crippen molar-refractivity contribution in [2.24, 2.45) is 0 Å². The molecule has 0 aromatic heterocycles. The molecule has 0 saturated carbocycles. The lowest BCUT2D eigenvalue weighted by molar-refractivity contribution is -0.112. The van der Waals surface area contributed by atoms with Crippen LogP contribution in [0.2, 0.25) is 0 Å². The first-order chi connectivity index (χ1) is 11.2. The zero-order valence-corrected chi connectivity index (χ0v) is 12.3. The molecule has 23 heavy (non-hydrogen) atoms. The summed E-state index contributed by atoms with van der Waals surface area (Å²) in [5.41, 5.74) is 2.07. The average Bonchev–Trinajstić information content (AvgIpc) is 3.06. The van der Waals surface area contributed by atoms with E-state index < -0.39 is 0 Å². The Labute approximate surface area is 134 Å². The number of hydrogen-bond acceptors (Lipinski definition) is 2. The summed E-state index contributed by atoms with van der Waals surface area (Å²) in [6.45, 7) is 0. The predicted molar refractivity (Wildman–Crippen MR) is 90.1 cm³/mol.